The molecule has 0 aliphatic carbocycles. The molecule has 4 aromatic rings. The Bertz CT molecular complexity index is 1070. The number of nitrogens with one attached hydrogen (secondary N) is 1. The number of nitrogens with zero attached hydrogens (tertiary/aromatic N) is 1. The van der Waals surface area contributed by atoms with Gasteiger partial charge < -0.3 is 5.32 Å². The van der Waals surface area contributed by atoms with Crippen LogP contribution in [0.15, 0.2) is 77.1 Å². The fourth-order valence-electron chi connectivity index (χ4n) is 2.67. The van der Waals surface area contributed by atoms with E-state index in [-0.39, 0.29) is 5.91 Å². The highest BCUT2D eigenvalue weighted by Gasteiger charge is 2.09. The highest BCUT2D eigenvalue weighted by atomic mass is 32.2. The van der Waals surface area contributed by atoms with Crippen LogP contribution in [0.3, 0.4) is 0 Å². The second-order valence-corrected chi connectivity index (χ2v) is 8.51. The van der Waals surface area contributed by atoms with E-state index in [1.807, 2.05) is 36.4 Å². The van der Waals surface area contributed by atoms with Gasteiger partial charge in [0, 0.05) is 17.0 Å². The van der Waals surface area contributed by atoms with Crippen LogP contribution in [0.1, 0.15) is 21.5 Å². The van der Waals surface area contributed by atoms with Crippen molar-refractivity contribution in [2.45, 2.75) is 17.0 Å². The van der Waals surface area contributed by atoms with Gasteiger partial charge in [-0.15, -0.1) is 11.3 Å². The maximum atomic E-state index is 12.3. The molecule has 0 fully saturated rings. The average molecular weight is 391 g/mol. The Labute approximate surface area is 166 Å². The van der Waals surface area contributed by atoms with Crippen molar-refractivity contribution in [2.75, 3.05) is 5.32 Å². The fourth-order valence-corrected chi connectivity index (χ4v) is 4.73. The summed E-state index contributed by atoms with van der Waals surface area (Å²) in [6, 6.07) is 23.7. The molecule has 4 rings (SSSR count). The molecule has 3 aromatic carbocycles. The predicted octanol–water partition coefficient (Wildman–Crippen LogP) is 6.15. The standard InChI is InChI=1S/C22H18N2OS2/c1-15-7-9-16(10-8-15)14-26-22-24-19-12-11-18(13-20(19)27-22)23-21(25)17-5-3-2-4-6-17/h2-13H,14H2,1H3,(H,23,25). The lowest BCUT2D eigenvalue weighted by molar-refractivity contribution is 0.102. The molecule has 0 atom stereocenters. The largest absolute Gasteiger partial charge is 0.322 e. The van der Waals surface area contributed by atoms with Crippen LogP contribution < -0.4 is 5.32 Å². The molecule has 0 radical (unpaired) electrons. The Kier molecular flexibility index (Phi) is 5.23. The summed E-state index contributed by atoms with van der Waals surface area (Å²) in [6.07, 6.45) is 0. The molecule has 0 saturated heterocycles. The van der Waals surface area contributed by atoms with Crippen LogP contribution in [0, 0.1) is 6.92 Å². The van der Waals surface area contributed by atoms with E-state index in [0.717, 1.165) is 26.0 Å². The van der Waals surface area contributed by atoms with Gasteiger partial charge in [-0.25, -0.2) is 4.98 Å². The molecule has 1 N–H and O–H groups in total. The van der Waals surface area contributed by atoms with Gasteiger partial charge in [-0.1, -0.05) is 59.8 Å². The lowest BCUT2D eigenvalue weighted by Gasteiger charge is -2.04. The summed E-state index contributed by atoms with van der Waals surface area (Å²) >= 11 is 3.40. The van der Waals surface area contributed by atoms with E-state index in [0.29, 0.717) is 5.56 Å². The monoisotopic (exact) mass is 390 g/mol. The van der Waals surface area contributed by atoms with E-state index < -0.39 is 0 Å². The van der Waals surface area contributed by atoms with Crippen molar-refractivity contribution in [3.05, 3.63) is 89.5 Å². The van der Waals surface area contributed by atoms with E-state index in [9.17, 15) is 4.79 Å². The van der Waals surface area contributed by atoms with Crippen molar-refractivity contribution < 1.29 is 4.79 Å². The quantitative estimate of drug-likeness (QED) is 0.416. The number of thiazole rings is 1. The van der Waals surface area contributed by atoms with E-state index in [4.69, 9.17) is 4.98 Å². The highest BCUT2D eigenvalue weighted by Crippen LogP contribution is 2.33. The minimum atomic E-state index is -0.103. The Morgan fingerprint density at radius 3 is 2.59 bits per heavy atom. The Hall–Kier alpha value is -2.63. The zero-order valence-corrected chi connectivity index (χ0v) is 16.4. The maximum absolute atomic E-state index is 12.3. The molecule has 1 amide bonds. The Morgan fingerprint density at radius 1 is 1.04 bits per heavy atom. The summed E-state index contributed by atoms with van der Waals surface area (Å²) in [5.41, 5.74) is 4.96. The molecule has 0 unspecified atom stereocenters. The maximum Gasteiger partial charge on any atom is 0.255 e. The number of rotatable bonds is 5. The number of hydrogen-bond acceptors (Lipinski definition) is 4. The Morgan fingerprint density at radius 2 is 1.81 bits per heavy atom. The molecule has 134 valence electrons. The molecule has 0 aliphatic heterocycles. The number of hydrogen-bond donors (Lipinski definition) is 1. The number of thioether (sulfide) groups is 1. The summed E-state index contributed by atoms with van der Waals surface area (Å²) in [4.78, 5) is 17.0. The molecule has 0 bridgehead atoms. The lowest BCUT2D eigenvalue weighted by Crippen LogP contribution is -2.11. The van der Waals surface area contributed by atoms with Crippen molar-refractivity contribution in [2.24, 2.45) is 0 Å². The summed E-state index contributed by atoms with van der Waals surface area (Å²) in [5, 5.41) is 2.96. The second-order valence-electron chi connectivity index (χ2n) is 6.26. The van der Waals surface area contributed by atoms with Gasteiger partial charge in [-0.2, -0.15) is 0 Å². The fraction of sp³-hybridized carbons (Fsp3) is 0.0909. The van der Waals surface area contributed by atoms with Gasteiger partial charge in [0.1, 0.15) is 0 Å². The van der Waals surface area contributed by atoms with Crippen molar-refractivity contribution in [1.82, 2.24) is 4.98 Å². The Balaban J connectivity index is 1.46. The summed E-state index contributed by atoms with van der Waals surface area (Å²) in [6.45, 7) is 2.10. The van der Waals surface area contributed by atoms with Crippen LogP contribution >= 0.6 is 23.1 Å². The van der Waals surface area contributed by atoms with Crippen LogP contribution in [0.5, 0.6) is 0 Å². The molecule has 0 saturated carbocycles. The highest BCUT2D eigenvalue weighted by molar-refractivity contribution is 8.00. The minimum absolute atomic E-state index is 0.103. The van der Waals surface area contributed by atoms with Gasteiger partial charge in [0.05, 0.1) is 10.2 Å². The van der Waals surface area contributed by atoms with Gasteiger partial charge in [0.2, 0.25) is 0 Å². The van der Waals surface area contributed by atoms with Gasteiger partial charge in [-0.3, -0.25) is 4.79 Å². The molecular formula is C22H18N2OS2. The van der Waals surface area contributed by atoms with Crippen LogP contribution in [0.4, 0.5) is 5.69 Å². The SMILES string of the molecule is Cc1ccc(CSc2nc3ccc(NC(=O)c4ccccc4)cc3s2)cc1. The van der Waals surface area contributed by atoms with Gasteiger partial charge in [0.15, 0.2) is 4.34 Å². The molecule has 0 aliphatic rings. The number of amides is 1. The first-order valence-corrected chi connectivity index (χ1v) is 10.4. The zero-order valence-electron chi connectivity index (χ0n) is 14.8. The smallest absolute Gasteiger partial charge is 0.255 e. The summed E-state index contributed by atoms with van der Waals surface area (Å²) in [5.74, 6) is 0.797. The normalized spacial score (nSPS) is 10.9. The number of aromatic nitrogens is 1. The number of fused-ring (bicyclic) bond motifs is 1. The molecule has 0 spiro atoms. The van der Waals surface area contributed by atoms with Crippen LogP contribution in [-0.4, -0.2) is 10.9 Å². The molecule has 1 aromatic heterocycles. The van der Waals surface area contributed by atoms with Gasteiger partial charge >= 0.3 is 0 Å². The lowest BCUT2D eigenvalue weighted by atomic mass is 10.2. The number of benzene rings is 3. The van der Waals surface area contributed by atoms with Crippen LogP contribution in [0.2, 0.25) is 0 Å². The first kappa shape index (κ1) is 17.8. The third-order valence-electron chi connectivity index (χ3n) is 4.15. The molecule has 27 heavy (non-hydrogen) atoms. The van der Waals surface area contributed by atoms with Crippen LogP contribution in [-0.2, 0) is 5.75 Å². The van der Waals surface area contributed by atoms with Gasteiger partial charge in [0.25, 0.3) is 5.91 Å². The topological polar surface area (TPSA) is 42.0 Å². The molecule has 3 nitrogen and oxygen atoms in total. The molecular weight excluding hydrogens is 372 g/mol. The third kappa shape index (κ3) is 4.38. The third-order valence-corrected chi connectivity index (χ3v) is 6.38. The molecule has 5 heteroatoms. The summed E-state index contributed by atoms with van der Waals surface area (Å²) < 4.78 is 2.12. The average Bonchev–Trinajstić information content (AvgIpc) is 3.10. The van der Waals surface area contributed by atoms with E-state index in [1.165, 1.54) is 11.1 Å². The van der Waals surface area contributed by atoms with E-state index in [2.05, 4.69) is 36.5 Å². The first-order valence-electron chi connectivity index (χ1n) is 8.63. The number of anilines is 1. The number of carbonyl (C=O) groups excluding carboxylic acids is 1. The number of aryl methyl sites for hydroxylation is 1. The van der Waals surface area contributed by atoms with E-state index in [1.54, 1.807) is 35.2 Å². The second kappa shape index (κ2) is 7.94. The minimum Gasteiger partial charge on any atom is -0.322 e. The summed E-state index contributed by atoms with van der Waals surface area (Å²) in [7, 11) is 0. The number of carbonyl (C=O) groups is 1. The van der Waals surface area contributed by atoms with Crippen molar-refractivity contribution >= 4 is 44.9 Å². The first-order chi connectivity index (χ1) is 13.2. The zero-order chi connectivity index (χ0) is 18.6. The van der Waals surface area contributed by atoms with Crippen molar-refractivity contribution in [3.8, 4) is 0 Å². The van der Waals surface area contributed by atoms with Crippen LogP contribution in [0.25, 0.3) is 10.2 Å². The van der Waals surface area contributed by atoms with Crippen molar-refractivity contribution in [1.29, 1.82) is 0 Å². The van der Waals surface area contributed by atoms with E-state index >= 15 is 0 Å². The van der Waals surface area contributed by atoms with Crippen molar-refractivity contribution in [3.63, 3.8) is 0 Å². The predicted molar refractivity (Wildman–Crippen MR) is 115 cm³/mol. The molecule has 1 heterocycles. The van der Waals surface area contributed by atoms with Gasteiger partial charge in [-0.05, 0) is 42.8 Å².